The van der Waals surface area contributed by atoms with E-state index in [4.69, 9.17) is 4.74 Å². The van der Waals surface area contributed by atoms with Crippen LogP contribution in [0.1, 0.15) is 25.0 Å². The van der Waals surface area contributed by atoms with E-state index < -0.39 is 0 Å². The zero-order chi connectivity index (χ0) is 17.5. The van der Waals surface area contributed by atoms with Gasteiger partial charge >= 0.3 is 0 Å². The Balaban J connectivity index is 2.56. The summed E-state index contributed by atoms with van der Waals surface area (Å²) in [5.41, 5.74) is 5.56. The van der Waals surface area contributed by atoms with Crippen molar-refractivity contribution in [3.63, 3.8) is 0 Å². The Morgan fingerprint density at radius 2 is 2.00 bits per heavy atom. The lowest BCUT2D eigenvalue weighted by Gasteiger charge is -2.24. The fourth-order valence-corrected chi connectivity index (χ4v) is 2.69. The predicted molar refractivity (Wildman–Crippen MR) is 104 cm³/mol. The van der Waals surface area contributed by atoms with Crippen molar-refractivity contribution in [2.75, 3.05) is 24.6 Å². The van der Waals surface area contributed by atoms with Crippen LogP contribution >= 0.6 is 0 Å². The van der Waals surface area contributed by atoms with Crippen LogP contribution in [0.15, 0.2) is 49.7 Å². The Bertz CT molecular complexity index is 722. The lowest BCUT2D eigenvalue weighted by atomic mass is 9.99. The molecule has 3 heteroatoms. The molecule has 0 aliphatic carbocycles. The Kier molecular flexibility index (Phi) is 6.19. The number of likely N-dealkylation sites (N-methyl/N-ethyl adjacent to an activating group) is 1. The molecule has 0 fully saturated rings. The summed E-state index contributed by atoms with van der Waals surface area (Å²) < 4.78 is 5.73. The average molecular weight is 322 g/mol. The molecule has 0 atom stereocenters. The molecule has 2 rings (SSSR count). The quantitative estimate of drug-likeness (QED) is 0.631. The molecule has 126 valence electrons. The van der Waals surface area contributed by atoms with Crippen molar-refractivity contribution >= 4 is 11.8 Å². The second-order valence-corrected chi connectivity index (χ2v) is 5.59. The monoisotopic (exact) mass is 322 g/mol. The third-order valence-electron chi connectivity index (χ3n) is 3.99. The van der Waals surface area contributed by atoms with Crippen LogP contribution in [0.4, 0.5) is 5.69 Å². The van der Waals surface area contributed by atoms with Crippen molar-refractivity contribution in [1.82, 2.24) is 4.98 Å². The summed E-state index contributed by atoms with van der Waals surface area (Å²) in [5, 5.41) is 0. The summed E-state index contributed by atoms with van der Waals surface area (Å²) in [6, 6.07) is 8.49. The second-order valence-electron chi connectivity index (χ2n) is 5.59. The van der Waals surface area contributed by atoms with Crippen LogP contribution < -0.4 is 9.64 Å². The van der Waals surface area contributed by atoms with Gasteiger partial charge in [-0.15, -0.1) is 6.58 Å². The molecule has 3 nitrogen and oxygen atoms in total. The molecule has 0 aliphatic rings. The molecule has 0 bridgehead atoms. The van der Waals surface area contributed by atoms with E-state index in [1.165, 1.54) is 11.1 Å². The van der Waals surface area contributed by atoms with Gasteiger partial charge in [0.2, 0.25) is 5.88 Å². The van der Waals surface area contributed by atoms with Crippen molar-refractivity contribution in [3.05, 3.63) is 60.8 Å². The maximum Gasteiger partial charge on any atom is 0.237 e. The summed E-state index contributed by atoms with van der Waals surface area (Å²) in [5.74, 6) is 0.669. The molecule has 0 saturated carbocycles. The lowest BCUT2D eigenvalue weighted by Crippen LogP contribution is -2.23. The topological polar surface area (TPSA) is 25.4 Å². The summed E-state index contributed by atoms with van der Waals surface area (Å²) in [6.07, 6.45) is 5.64. The van der Waals surface area contributed by atoms with E-state index in [0.717, 1.165) is 29.9 Å². The number of hydrogen-bond acceptors (Lipinski definition) is 3. The van der Waals surface area contributed by atoms with Gasteiger partial charge in [0.15, 0.2) is 0 Å². The van der Waals surface area contributed by atoms with E-state index in [1.54, 1.807) is 0 Å². The van der Waals surface area contributed by atoms with Crippen molar-refractivity contribution in [3.8, 4) is 17.0 Å². The molecule has 1 heterocycles. The maximum absolute atomic E-state index is 5.73. The van der Waals surface area contributed by atoms with Crippen molar-refractivity contribution in [2.45, 2.75) is 20.8 Å². The zero-order valence-corrected chi connectivity index (χ0v) is 14.9. The number of nitrogens with zero attached hydrogens (tertiary/aromatic N) is 2. The van der Waals surface area contributed by atoms with Crippen LogP contribution in [0, 0.1) is 6.92 Å². The van der Waals surface area contributed by atoms with Crippen LogP contribution in [0.5, 0.6) is 5.88 Å². The average Bonchev–Trinajstić information content (AvgIpc) is 2.61. The molecule has 1 aromatic carbocycles. The fraction of sp³-hybridized carbons (Fsp3) is 0.286. The lowest BCUT2D eigenvalue weighted by molar-refractivity contribution is 0.327. The van der Waals surface area contributed by atoms with Crippen LogP contribution in [-0.2, 0) is 0 Å². The first kappa shape index (κ1) is 17.8. The molecule has 0 spiro atoms. The number of ether oxygens (including phenoxy) is 1. The van der Waals surface area contributed by atoms with Crippen LogP contribution in [0.25, 0.3) is 17.2 Å². The van der Waals surface area contributed by atoms with Crippen molar-refractivity contribution < 1.29 is 4.74 Å². The number of pyridine rings is 1. The highest BCUT2D eigenvalue weighted by molar-refractivity contribution is 5.74. The summed E-state index contributed by atoms with van der Waals surface area (Å²) in [6.45, 7) is 16.1. The second kappa shape index (κ2) is 8.34. The summed E-state index contributed by atoms with van der Waals surface area (Å²) >= 11 is 0. The highest BCUT2D eigenvalue weighted by atomic mass is 16.5. The third kappa shape index (κ3) is 3.85. The molecule has 1 aromatic heterocycles. The minimum atomic E-state index is 0.593. The van der Waals surface area contributed by atoms with Gasteiger partial charge in [0.1, 0.15) is 5.69 Å². The molecule has 0 unspecified atom stereocenters. The van der Waals surface area contributed by atoms with Gasteiger partial charge in [-0.2, -0.15) is 0 Å². The number of anilines is 1. The SMILES string of the molecule is C=CCN(CC)c1cc(-c2cc(C=C)ccc2C)cnc1OCC. The molecular weight excluding hydrogens is 296 g/mol. The van der Waals surface area contributed by atoms with E-state index in [2.05, 4.69) is 61.2 Å². The number of aryl methyl sites for hydroxylation is 1. The highest BCUT2D eigenvalue weighted by Gasteiger charge is 2.14. The van der Waals surface area contributed by atoms with Gasteiger partial charge in [-0.1, -0.05) is 30.9 Å². The first-order chi connectivity index (χ1) is 11.6. The standard InChI is InChI=1S/C21H26N2O/c1-6-12-23(8-3)20-14-18(15-22-21(20)24-9-4)19-13-17(7-2)11-10-16(19)5/h6-7,10-11,13-15H,1-2,8-9,12H2,3-5H3. The Hall–Kier alpha value is -2.55. The van der Waals surface area contributed by atoms with Gasteiger partial charge in [-0.25, -0.2) is 4.98 Å². The van der Waals surface area contributed by atoms with Gasteiger partial charge < -0.3 is 9.64 Å². The molecule has 24 heavy (non-hydrogen) atoms. The largest absolute Gasteiger partial charge is 0.476 e. The van der Waals surface area contributed by atoms with Gasteiger partial charge in [0.25, 0.3) is 0 Å². The number of benzene rings is 1. The van der Waals surface area contributed by atoms with E-state index >= 15 is 0 Å². The van der Waals surface area contributed by atoms with Crippen LogP contribution in [0.3, 0.4) is 0 Å². The van der Waals surface area contributed by atoms with Crippen LogP contribution in [-0.4, -0.2) is 24.7 Å². The predicted octanol–water partition coefficient (Wildman–Crippen LogP) is 5.11. The first-order valence-corrected chi connectivity index (χ1v) is 8.36. The third-order valence-corrected chi connectivity index (χ3v) is 3.99. The number of rotatable bonds is 8. The van der Waals surface area contributed by atoms with E-state index in [1.807, 2.05) is 25.3 Å². The molecule has 0 saturated heterocycles. The molecule has 0 radical (unpaired) electrons. The molecular formula is C21H26N2O. The van der Waals surface area contributed by atoms with Gasteiger partial charge in [0, 0.05) is 24.8 Å². The number of aromatic nitrogens is 1. The highest BCUT2D eigenvalue weighted by Crippen LogP contribution is 2.33. The maximum atomic E-state index is 5.73. The Labute approximate surface area is 145 Å². The van der Waals surface area contributed by atoms with Crippen LogP contribution in [0.2, 0.25) is 0 Å². The summed E-state index contributed by atoms with van der Waals surface area (Å²) in [7, 11) is 0. The van der Waals surface area contributed by atoms with Gasteiger partial charge in [0.05, 0.1) is 6.61 Å². The minimum Gasteiger partial charge on any atom is -0.476 e. The molecule has 0 N–H and O–H groups in total. The van der Waals surface area contributed by atoms with Gasteiger partial charge in [-0.3, -0.25) is 0 Å². The Morgan fingerprint density at radius 1 is 1.21 bits per heavy atom. The number of hydrogen-bond donors (Lipinski definition) is 0. The molecule has 2 aromatic rings. The smallest absolute Gasteiger partial charge is 0.237 e. The Morgan fingerprint density at radius 3 is 2.62 bits per heavy atom. The minimum absolute atomic E-state index is 0.593. The normalized spacial score (nSPS) is 10.3. The van der Waals surface area contributed by atoms with E-state index in [9.17, 15) is 0 Å². The molecule has 0 aliphatic heterocycles. The van der Waals surface area contributed by atoms with E-state index in [-0.39, 0.29) is 0 Å². The summed E-state index contributed by atoms with van der Waals surface area (Å²) in [4.78, 5) is 6.78. The fourth-order valence-electron chi connectivity index (χ4n) is 2.69. The van der Waals surface area contributed by atoms with Crippen molar-refractivity contribution in [1.29, 1.82) is 0 Å². The zero-order valence-electron chi connectivity index (χ0n) is 14.9. The van der Waals surface area contributed by atoms with Crippen molar-refractivity contribution in [2.24, 2.45) is 0 Å². The van der Waals surface area contributed by atoms with E-state index in [0.29, 0.717) is 12.5 Å². The molecule has 0 amide bonds. The first-order valence-electron chi connectivity index (χ1n) is 8.36. The van der Waals surface area contributed by atoms with Gasteiger partial charge in [-0.05, 0) is 49.6 Å².